The lowest BCUT2D eigenvalue weighted by Crippen LogP contribution is -2.41. The van der Waals surface area contributed by atoms with Crippen molar-refractivity contribution in [2.75, 3.05) is 30.3 Å². The second kappa shape index (κ2) is 8.70. The molecule has 0 bridgehead atoms. The van der Waals surface area contributed by atoms with Gasteiger partial charge in [0.15, 0.2) is 6.61 Å². The molecule has 33 heavy (non-hydrogen) atoms. The SMILES string of the molecule is O=C1COc2cc(NC(=O)N3CCCC(c4nc(-c5cccc(F)c5)no4)C3)c(Cl)cc2N1. The van der Waals surface area contributed by atoms with E-state index in [-0.39, 0.29) is 35.3 Å². The fourth-order valence-electron chi connectivity index (χ4n) is 3.90. The maximum absolute atomic E-state index is 13.5. The summed E-state index contributed by atoms with van der Waals surface area (Å²) < 4.78 is 24.3. The predicted molar refractivity (Wildman–Crippen MR) is 118 cm³/mol. The van der Waals surface area contributed by atoms with Crippen molar-refractivity contribution in [2.45, 2.75) is 18.8 Å². The Kier molecular flexibility index (Phi) is 5.59. The molecule has 1 atom stereocenters. The van der Waals surface area contributed by atoms with Crippen LogP contribution in [0.4, 0.5) is 20.6 Å². The zero-order chi connectivity index (χ0) is 22.9. The Morgan fingerprint density at radius 3 is 3.03 bits per heavy atom. The number of nitrogens with one attached hydrogen (secondary N) is 2. The summed E-state index contributed by atoms with van der Waals surface area (Å²) in [5.41, 5.74) is 1.36. The van der Waals surface area contributed by atoms with Crippen molar-refractivity contribution >= 4 is 34.9 Å². The van der Waals surface area contributed by atoms with Gasteiger partial charge in [-0.1, -0.05) is 28.9 Å². The first-order valence-electron chi connectivity index (χ1n) is 10.4. The molecule has 1 unspecified atom stereocenters. The summed E-state index contributed by atoms with van der Waals surface area (Å²) in [4.78, 5) is 30.4. The van der Waals surface area contributed by atoms with Gasteiger partial charge in [0.2, 0.25) is 11.7 Å². The summed E-state index contributed by atoms with van der Waals surface area (Å²) >= 11 is 6.29. The highest BCUT2D eigenvalue weighted by atomic mass is 35.5. The molecule has 1 fully saturated rings. The van der Waals surface area contributed by atoms with Crippen molar-refractivity contribution in [3.8, 4) is 17.1 Å². The molecule has 0 aliphatic carbocycles. The van der Waals surface area contributed by atoms with E-state index in [4.69, 9.17) is 20.9 Å². The lowest BCUT2D eigenvalue weighted by atomic mass is 9.98. The van der Waals surface area contributed by atoms with Crippen molar-refractivity contribution < 1.29 is 23.2 Å². The Labute approximate surface area is 192 Å². The fourth-order valence-corrected chi connectivity index (χ4v) is 4.11. The molecule has 5 rings (SSSR count). The van der Waals surface area contributed by atoms with E-state index in [1.165, 1.54) is 18.2 Å². The van der Waals surface area contributed by atoms with Crippen LogP contribution in [-0.4, -0.2) is 46.7 Å². The van der Waals surface area contributed by atoms with Gasteiger partial charge in [0.1, 0.15) is 11.6 Å². The quantitative estimate of drug-likeness (QED) is 0.590. The summed E-state index contributed by atoms with van der Waals surface area (Å²) in [6.45, 7) is 0.839. The number of carbonyl (C=O) groups excluding carboxylic acids is 2. The van der Waals surface area contributed by atoms with Crippen LogP contribution in [0, 0.1) is 5.82 Å². The molecule has 2 aromatic carbocycles. The van der Waals surface area contributed by atoms with Gasteiger partial charge in [0.05, 0.1) is 22.3 Å². The van der Waals surface area contributed by atoms with Gasteiger partial charge in [0, 0.05) is 24.7 Å². The predicted octanol–water partition coefficient (Wildman–Crippen LogP) is 4.27. The van der Waals surface area contributed by atoms with Gasteiger partial charge >= 0.3 is 6.03 Å². The Morgan fingerprint density at radius 1 is 1.30 bits per heavy atom. The maximum Gasteiger partial charge on any atom is 0.321 e. The van der Waals surface area contributed by atoms with Crippen LogP contribution in [0.3, 0.4) is 0 Å². The molecule has 2 aliphatic heterocycles. The Morgan fingerprint density at radius 2 is 2.18 bits per heavy atom. The molecule has 2 aliphatic rings. The van der Waals surface area contributed by atoms with E-state index in [0.29, 0.717) is 47.5 Å². The normalized spacial score (nSPS) is 17.7. The van der Waals surface area contributed by atoms with Gasteiger partial charge in [0.25, 0.3) is 5.91 Å². The number of urea groups is 1. The molecule has 1 saturated heterocycles. The van der Waals surface area contributed by atoms with Crippen LogP contribution in [0.5, 0.6) is 5.75 Å². The number of carbonyl (C=O) groups is 2. The van der Waals surface area contributed by atoms with Gasteiger partial charge in [-0.2, -0.15) is 4.98 Å². The van der Waals surface area contributed by atoms with Gasteiger partial charge in [-0.15, -0.1) is 0 Å². The second-order valence-electron chi connectivity index (χ2n) is 7.85. The van der Waals surface area contributed by atoms with E-state index in [1.807, 2.05) is 0 Å². The highest BCUT2D eigenvalue weighted by Crippen LogP contribution is 2.37. The molecule has 0 saturated carbocycles. The molecule has 3 heterocycles. The van der Waals surface area contributed by atoms with Crippen molar-refractivity contribution in [2.24, 2.45) is 0 Å². The number of anilines is 2. The van der Waals surface area contributed by atoms with Crippen LogP contribution < -0.4 is 15.4 Å². The number of nitrogens with zero attached hydrogens (tertiary/aromatic N) is 3. The number of benzene rings is 2. The monoisotopic (exact) mass is 471 g/mol. The van der Waals surface area contributed by atoms with Crippen LogP contribution in [0.25, 0.3) is 11.4 Å². The van der Waals surface area contributed by atoms with Gasteiger partial charge in [-0.25, -0.2) is 9.18 Å². The average Bonchev–Trinajstić information content (AvgIpc) is 3.30. The van der Waals surface area contributed by atoms with Crippen LogP contribution in [0.2, 0.25) is 5.02 Å². The number of hydrogen-bond donors (Lipinski definition) is 2. The Balaban J connectivity index is 1.28. The Hall–Kier alpha value is -3.66. The first kappa shape index (κ1) is 21.2. The van der Waals surface area contributed by atoms with E-state index in [0.717, 1.165) is 12.8 Å². The van der Waals surface area contributed by atoms with Gasteiger partial charge in [-0.3, -0.25) is 4.79 Å². The van der Waals surface area contributed by atoms with Crippen LogP contribution >= 0.6 is 11.6 Å². The van der Waals surface area contributed by atoms with Crippen molar-refractivity contribution in [3.63, 3.8) is 0 Å². The third-order valence-electron chi connectivity index (χ3n) is 5.53. The topological polar surface area (TPSA) is 110 Å². The molecule has 1 aromatic heterocycles. The standard InChI is InChI=1S/C22H19ClFN5O4/c23-15-8-17-18(32-11-19(30)25-17)9-16(15)26-22(31)29-6-2-4-13(10-29)21-27-20(28-33-21)12-3-1-5-14(24)7-12/h1,3,5,7-9,13H,2,4,6,10-11H2,(H,25,30)(H,26,31). The van der Waals surface area contributed by atoms with E-state index in [9.17, 15) is 14.0 Å². The second-order valence-corrected chi connectivity index (χ2v) is 8.25. The minimum Gasteiger partial charge on any atom is -0.482 e. The molecule has 2 N–H and O–H groups in total. The number of halogens is 2. The van der Waals surface area contributed by atoms with Crippen LogP contribution in [0.15, 0.2) is 40.9 Å². The minimum absolute atomic E-state index is 0.0996. The minimum atomic E-state index is -0.381. The molecule has 11 heteroatoms. The summed E-state index contributed by atoms with van der Waals surface area (Å²) in [7, 11) is 0. The van der Waals surface area contributed by atoms with E-state index in [2.05, 4.69) is 20.8 Å². The van der Waals surface area contributed by atoms with E-state index in [1.54, 1.807) is 23.1 Å². The van der Waals surface area contributed by atoms with Crippen LogP contribution in [-0.2, 0) is 4.79 Å². The smallest absolute Gasteiger partial charge is 0.321 e. The van der Waals surface area contributed by atoms with Crippen molar-refractivity contribution in [1.82, 2.24) is 15.0 Å². The third kappa shape index (κ3) is 4.47. The lowest BCUT2D eigenvalue weighted by molar-refractivity contribution is -0.118. The fraction of sp³-hybridized carbons (Fsp3) is 0.273. The Bertz CT molecular complexity index is 1230. The number of rotatable bonds is 3. The van der Waals surface area contributed by atoms with Crippen molar-refractivity contribution in [1.29, 1.82) is 0 Å². The summed E-state index contributed by atoms with van der Waals surface area (Å²) in [5.74, 6) is 0.351. The number of piperidine rings is 1. The number of hydrogen-bond acceptors (Lipinski definition) is 6. The number of likely N-dealkylation sites (tertiary alicyclic amines) is 1. The number of ether oxygens (including phenoxy) is 1. The summed E-state index contributed by atoms with van der Waals surface area (Å²) in [6.07, 6.45) is 1.53. The van der Waals surface area contributed by atoms with Gasteiger partial charge < -0.3 is 24.8 Å². The summed E-state index contributed by atoms with van der Waals surface area (Å²) in [6, 6.07) is 8.76. The first-order chi connectivity index (χ1) is 16.0. The van der Waals surface area contributed by atoms with Crippen LogP contribution in [0.1, 0.15) is 24.7 Å². The molecule has 3 amide bonds. The average molecular weight is 472 g/mol. The number of fused-ring (bicyclic) bond motifs is 1. The zero-order valence-corrected chi connectivity index (χ0v) is 18.1. The molecule has 3 aromatic rings. The largest absolute Gasteiger partial charge is 0.482 e. The third-order valence-corrected chi connectivity index (χ3v) is 5.84. The molecule has 0 spiro atoms. The summed E-state index contributed by atoms with van der Waals surface area (Å²) in [5, 5.41) is 9.72. The molecular formula is C22H19ClFN5O4. The highest BCUT2D eigenvalue weighted by molar-refractivity contribution is 6.34. The lowest BCUT2D eigenvalue weighted by Gasteiger charge is -2.31. The molecule has 9 nitrogen and oxygen atoms in total. The van der Waals surface area contributed by atoms with E-state index < -0.39 is 0 Å². The van der Waals surface area contributed by atoms with E-state index >= 15 is 0 Å². The van der Waals surface area contributed by atoms with Gasteiger partial charge in [-0.05, 0) is 31.0 Å². The number of aromatic nitrogens is 2. The zero-order valence-electron chi connectivity index (χ0n) is 17.3. The molecule has 0 radical (unpaired) electrons. The first-order valence-corrected chi connectivity index (χ1v) is 10.8. The number of amides is 3. The molecular weight excluding hydrogens is 453 g/mol. The molecule has 170 valence electrons. The maximum atomic E-state index is 13.5. The highest BCUT2D eigenvalue weighted by Gasteiger charge is 2.29. The van der Waals surface area contributed by atoms with Crippen molar-refractivity contribution in [3.05, 3.63) is 53.1 Å².